The van der Waals surface area contributed by atoms with Gasteiger partial charge in [0.05, 0.1) is 18.0 Å². The molecule has 0 unspecified atom stereocenters. The Bertz CT molecular complexity index is 493. The van der Waals surface area contributed by atoms with Crippen LogP contribution in [0.1, 0.15) is 18.7 Å². The summed E-state index contributed by atoms with van der Waals surface area (Å²) in [5.74, 6) is 1.21. The van der Waals surface area contributed by atoms with E-state index in [4.69, 9.17) is 9.52 Å². The van der Waals surface area contributed by atoms with E-state index >= 15 is 0 Å². The molecule has 1 saturated carbocycles. The van der Waals surface area contributed by atoms with Gasteiger partial charge in [-0.25, -0.2) is 0 Å². The van der Waals surface area contributed by atoms with Gasteiger partial charge in [0.1, 0.15) is 0 Å². The van der Waals surface area contributed by atoms with Crippen molar-refractivity contribution < 1.29 is 9.52 Å². The maximum Gasteiger partial charge on any atom is 0.257 e. The molecule has 18 heavy (non-hydrogen) atoms. The van der Waals surface area contributed by atoms with Crippen LogP contribution in [0.25, 0.3) is 10.8 Å². The fraction of sp³-hybridized carbons (Fsp3) is 0.500. The number of rotatable bonds is 6. The lowest BCUT2D eigenvalue weighted by Crippen LogP contribution is -2.28. The summed E-state index contributed by atoms with van der Waals surface area (Å²) < 4.78 is 5.65. The summed E-state index contributed by atoms with van der Waals surface area (Å²) in [7, 11) is 0. The number of aromatic nitrogens is 2. The highest BCUT2D eigenvalue weighted by atomic mass is 32.1. The molecule has 3 rings (SSSR count). The number of hydrogen-bond acceptors (Lipinski definition) is 6. The second-order valence-electron chi connectivity index (χ2n) is 4.40. The van der Waals surface area contributed by atoms with E-state index in [1.165, 1.54) is 12.8 Å². The Labute approximate surface area is 109 Å². The first-order valence-electron chi connectivity index (χ1n) is 6.08. The Kier molecular flexibility index (Phi) is 3.40. The van der Waals surface area contributed by atoms with Crippen LogP contribution in [0.2, 0.25) is 0 Å². The molecular formula is C12H15N3O2S. The van der Waals surface area contributed by atoms with Crippen molar-refractivity contribution in [3.05, 3.63) is 23.4 Å². The van der Waals surface area contributed by atoms with Gasteiger partial charge in [-0.05, 0) is 24.3 Å². The topological polar surface area (TPSA) is 62.4 Å². The molecule has 1 aliphatic carbocycles. The Hall–Kier alpha value is -1.24. The fourth-order valence-corrected chi connectivity index (χ4v) is 2.59. The molecule has 0 bridgehead atoms. The van der Waals surface area contributed by atoms with E-state index in [0.29, 0.717) is 30.9 Å². The van der Waals surface area contributed by atoms with Crippen LogP contribution >= 0.6 is 11.3 Å². The second-order valence-corrected chi connectivity index (χ2v) is 5.35. The summed E-state index contributed by atoms with van der Waals surface area (Å²) >= 11 is 1.59. The fourth-order valence-electron chi connectivity index (χ4n) is 1.95. The van der Waals surface area contributed by atoms with Gasteiger partial charge >= 0.3 is 0 Å². The summed E-state index contributed by atoms with van der Waals surface area (Å²) in [5.41, 5.74) is 0. The largest absolute Gasteiger partial charge is 0.419 e. The van der Waals surface area contributed by atoms with E-state index in [0.717, 1.165) is 4.88 Å². The van der Waals surface area contributed by atoms with Crippen LogP contribution in [0, 0.1) is 0 Å². The summed E-state index contributed by atoms with van der Waals surface area (Å²) in [6.07, 6.45) is 2.40. The number of nitrogens with zero attached hydrogens (tertiary/aromatic N) is 3. The molecule has 2 heterocycles. The molecular weight excluding hydrogens is 250 g/mol. The van der Waals surface area contributed by atoms with Gasteiger partial charge < -0.3 is 9.52 Å². The maximum absolute atomic E-state index is 9.04. The lowest BCUT2D eigenvalue weighted by Gasteiger charge is -2.17. The summed E-state index contributed by atoms with van der Waals surface area (Å²) in [6.45, 7) is 1.47. The van der Waals surface area contributed by atoms with Crippen molar-refractivity contribution in [2.75, 3.05) is 13.2 Å². The highest BCUT2D eigenvalue weighted by Gasteiger charge is 2.29. The molecule has 5 nitrogen and oxygen atoms in total. The highest BCUT2D eigenvalue weighted by molar-refractivity contribution is 7.13. The Balaban J connectivity index is 1.69. The molecule has 1 aliphatic rings. The minimum Gasteiger partial charge on any atom is -0.419 e. The standard InChI is InChI=1S/C12H15N3O2S/c16-6-5-15(9-3-4-9)8-11-13-14-12(17-11)10-2-1-7-18-10/h1-2,7,9,16H,3-6,8H2. The Morgan fingerprint density at radius 1 is 1.44 bits per heavy atom. The van der Waals surface area contributed by atoms with E-state index in [1.807, 2.05) is 17.5 Å². The van der Waals surface area contributed by atoms with Gasteiger partial charge in [-0.15, -0.1) is 21.5 Å². The summed E-state index contributed by atoms with van der Waals surface area (Å²) in [5, 5.41) is 19.2. The third-order valence-electron chi connectivity index (χ3n) is 2.99. The minimum absolute atomic E-state index is 0.169. The van der Waals surface area contributed by atoms with Gasteiger partial charge in [0.25, 0.3) is 5.89 Å². The van der Waals surface area contributed by atoms with Crippen LogP contribution in [-0.4, -0.2) is 39.4 Å². The van der Waals surface area contributed by atoms with Gasteiger partial charge in [0.2, 0.25) is 5.89 Å². The third-order valence-corrected chi connectivity index (χ3v) is 3.85. The summed E-state index contributed by atoms with van der Waals surface area (Å²) in [4.78, 5) is 3.19. The van der Waals surface area contributed by atoms with Crippen molar-refractivity contribution in [2.24, 2.45) is 0 Å². The number of hydrogen-bond donors (Lipinski definition) is 1. The van der Waals surface area contributed by atoms with Crippen LogP contribution in [0.15, 0.2) is 21.9 Å². The van der Waals surface area contributed by atoms with E-state index in [9.17, 15) is 0 Å². The molecule has 0 spiro atoms. The second kappa shape index (κ2) is 5.17. The lowest BCUT2D eigenvalue weighted by molar-refractivity contribution is 0.172. The van der Waals surface area contributed by atoms with Gasteiger partial charge in [0.15, 0.2) is 0 Å². The van der Waals surface area contributed by atoms with Gasteiger partial charge in [-0.1, -0.05) is 6.07 Å². The molecule has 1 fully saturated rings. The first kappa shape index (κ1) is 11.8. The van der Waals surface area contributed by atoms with E-state index in [-0.39, 0.29) is 6.61 Å². The van der Waals surface area contributed by atoms with Crippen LogP contribution in [-0.2, 0) is 6.54 Å². The van der Waals surface area contributed by atoms with Crippen LogP contribution in [0.4, 0.5) is 0 Å². The van der Waals surface area contributed by atoms with Crippen molar-refractivity contribution in [3.63, 3.8) is 0 Å². The predicted octanol–water partition coefficient (Wildman–Crippen LogP) is 1.75. The molecule has 0 saturated heterocycles. The van der Waals surface area contributed by atoms with Crippen molar-refractivity contribution in [1.29, 1.82) is 0 Å². The molecule has 0 aromatic carbocycles. The van der Waals surface area contributed by atoms with E-state index in [1.54, 1.807) is 11.3 Å². The Morgan fingerprint density at radius 3 is 3.00 bits per heavy atom. The van der Waals surface area contributed by atoms with Crippen molar-refractivity contribution in [3.8, 4) is 10.8 Å². The van der Waals surface area contributed by atoms with Gasteiger partial charge in [0, 0.05) is 12.6 Å². The normalized spacial score (nSPS) is 15.4. The highest BCUT2D eigenvalue weighted by Crippen LogP contribution is 2.28. The van der Waals surface area contributed by atoms with Crippen LogP contribution in [0.3, 0.4) is 0 Å². The van der Waals surface area contributed by atoms with E-state index < -0.39 is 0 Å². The molecule has 0 aliphatic heterocycles. The molecule has 1 N–H and O–H groups in total. The predicted molar refractivity (Wildman–Crippen MR) is 68.1 cm³/mol. The van der Waals surface area contributed by atoms with Crippen molar-refractivity contribution >= 4 is 11.3 Å². The van der Waals surface area contributed by atoms with Crippen LogP contribution in [0.5, 0.6) is 0 Å². The molecule has 6 heteroatoms. The molecule has 0 atom stereocenters. The zero-order valence-corrected chi connectivity index (χ0v) is 10.8. The number of aliphatic hydroxyl groups excluding tert-OH is 1. The molecule has 0 radical (unpaired) electrons. The number of aliphatic hydroxyl groups is 1. The lowest BCUT2D eigenvalue weighted by atomic mass is 10.4. The summed E-state index contributed by atoms with van der Waals surface area (Å²) in [6, 6.07) is 4.51. The minimum atomic E-state index is 0.169. The van der Waals surface area contributed by atoms with E-state index in [2.05, 4.69) is 15.1 Å². The molecule has 0 amide bonds. The first-order chi connectivity index (χ1) is 8.86. The SMILES string of the molecule is OCCN(Cc1nnc(-c2cccs2)o1)C1CC1. The molecule has 2 aromatic rings. The molecule has 96 valence electrons. The molecule has 2 aromatic heterocycles. The first-order valence-corrected chi connectivity index (χ1v) is 6.96. The zero-order chi connectivity index (χ0) is 12.4. The van der Waals surface area contributed by atoms with Crippen molar-refractivity contribution in [1.82, 2.24) is 15.1 Å². The maximum atomic E-state index is 9.04. The Morgan fingerprint density at radius 2 is 2.33 bits per heavy atom. The van der Waals surface area contributed by atoms with Crippen molar-refractivity contribution in [2.45, 2.75) is 25.4 Å². The zero-order valence-electron chi connectivity index (χ0n) is 9.95. The number of thiophene rings is 1. The quantitative estimate of drug-likeness (QED) is 0.862. The average Bonchev–Trinajstić information content (AvgIpc) is 2.90. The van der Waals surface area contributed by atoms with Crippen LogP contribution < -0.4 is 0 Å². The monoisotopic (exact) mass is 265 g/mol. The average molecular weight is 265 g/mol. The smallest absolute Gasteiger partial charge is 0.257 e. The third kappa shape index (κ3) is 2.60. The van der Waals surface area contributed by atoms with Gasteiger partial charge in [-0.2, -0.15) is 0 Å². The van der Waals surface area contributed by atoms with Gasteiger partial charge in [-0.3, -0.25) is 4.90 Å².